The highest BCUT2D eigenvalue weighted by molar-refractivity contribution is 5.90. The monoisotopic (exact) mass is 466 g/mol. The average Bonchev–Trinajstić information content (AvgIpc) is 3.47. The molecule has 34 heavy (non-hydrogen) atoms. The van der Waals surface area contributed by atoms with Crippen molar-refractivity contribution in [3.05, 3.63) is 50.8 Å². The molecule has 5 rings (SSSR count). The number of hydrogen-bond donors (Lipinski definition) is 1. The zero-order valence-electron chi connectivity index (χ0n) is 20.0. The van der Waals surface area contributed by atoms with Crippen molar-refractivity contribution in [2.75, 3.05) is 13.9 Å². The molecule has 0 aliphatic carbocycles. The fourth-order valence-corrected chi connectivity index (χ4v) is 4.63. The summed E-state index contributed by atoms with van der Waals surface area (Å²) in [5, 5.41) is 11.3. The van der Waals surface area contributed by atoms with Crippen molar-refractivity contribution in [1.82, 2.24) is 9.55 Å². The standard InChI is InChI=1S/C24H24N2O6.C2H6/c1-3-4-5-13-14-7-21-22(32-12-31-21)8-18(14)25-23-16(13)9-26-19(23)6-15(20(28)10-27)17(11-30-2)24(26)29;1-2/h6-8,10,20,28H,3-5,9,11-12H2,1-2H3;1-2H3. The van der Waals surface area contributed by atoms with Crippen molar-refractivity contribution in [3.8, 4) is 22.9 Å². The van der Waals surface area contributed by atoms with Gasteiger partial charge in [-0.05, 0) is 30.5 Å². The number of unbranched alkanes of at least 4 members (excludes halogenated alkanes) is 1. The number of aromatic nitrogens is 2. The minimum Gasteiger partial charge on any atom is -0.454 e. The second kappa shape index (κ2) is 9.95. The molecule has 0 amide bonds. The lowest BCUT2D eigenvalue weighted by molar-refractivity contribution is -0.115. The lowest BCUT2D eigenvalue weighted by Gasteiger charge is -2.14. The highest BCUT2D eigenvalue weighted by atomic mass is 16.7. The molecule has 0 saturated heterocycles. The lowest BCUT2D eigenvalue weighted by Crippen LogP contribution is -2.26. The molecule has 1 unspecified atom stereocenters. The van der Waals surface area contributed by atoms with Crippen molar-refractivity contribution in [3.63, 3.8) is 0 Å². The Bertz CT molecular complexity index is 1300. The van der Waals surface area contributed by atoms with Gasteiger partial charge in [0.05, 0.1) is 30.1 Å². The third-order valence-electron chi connectivity index (χ3n) is 6.21. The van der Waals surface area contributed by atoms with E-state index in [1.165, 1.54) is 7.11 Å². The van der Waals surface area contributed by atoms with Crippen LogP contribution in [0, 0.1) is 0 Å². The second-order valence-corrected chi connectivity index (χ2v) is 8.11. The number of carbonyl (C=O) groups excluding carboxylic acids is 1. The van der Waals surface area contributed by atoms with E-state index in [0.717, 1.165) is 41.3 Å². The van der Waals surface area contributed by atoms with Crippen LogP contribution in [0.3, 0.4) is 0 Å². The van der Waals surface area contributed by atoms with Crippen molar-refractivity contribution < 1.29 is 24.1 Å². The minimum atomic E-state index is -1.41. The van der Waals surface area contributed by atoms with Crippen LogP contribution in [-0.2, 0) is 29.1 Å². The van der Waals surface area contributed by atoms with Crippen LogP contribution >= 0.6 is 0 Å². The Morgan fingerprint density at radius 2 is 1.94 bits per heavy atom. The van der Waals surface area contributed by atoms with Gasteiger partial charge in [-0.15, -0.1) is 0 Å². The third kappa shape index (κ3) is 3.86. The summed E-state index contributed by atoms with van der Waals surface area (Å²) in [6.45, 7) is 6.72. The first-order valence-electron chi connectivity index (χ1n) is 11.7. The molecule has 2 aliphatic heterocycles. The second-order valence-electron chi connectivity index (χ2n) is 8.11. The minimum absolute atomic E-state index is 0.00911. The number of methoxy groups -OCH3 is 1. The van der Waals surface area contributed by atoms with E-state index >= 15 is 0 Å². The number of rotatable bonds is 7. The van der Waals surface area contributed by atoms with E-state index in [-0.39, 0.29) is 30.1 Å². The van der Waals surface area contributed by atoms with Gasteiger partial charge in [0, 0.05) is 35.3 Å². The topological polar surface area (TPSA) is 99.9 Å². The van der Waals surface area contributed by atoms with Crippen molar-refractivity contribution in [1.29, 1.82) is 0 Å². The number of nitrogens with zero attached hydrogens (tertiary/aromatic N) is 2. The Hall–Kier alpha value is -3.23. The van der Waals surface area contributed by atoms with Crippen LogP contribution in [-0.4, -0.2) is 34.8 Å². The van der Waals surface area contributed by atoms with E-state index in [9.17, 15) is 14.7 Å². The average molecular weight is 467 g/mol. The lowest BCUT2D eigenvalue weighted by atomic mass is 9.95. The first-order valence-corrected chi connectivity index (χ1v) is 11.7. The molecule has 0 radical (unpaired) electrons. The number of aliphatic hydroxyl groups is 1. The number of pyridine rings is 2. The summed E-state index contributed by atoms with van der Waals surface area (Å²) in [5.74, 6) is 1.35. The van der Waals surface area contributed by atoms with Gasteiger partial charge in [-0.25, -0.2) is 4.98 Å². The molecule has 180 valence electrons. The van der Waals surface area contributed by atoms with Crippen molar-refractivity contribution in [2.45, 2.75) is 59.3 Å². The molecule has 0 saturated carbocycles. The van der Waals surface area contributed by atoms with Gasteiger partial charge in [0.1, 0.15) is 6.10 Å². The molecule has 0 bridgehead atoms. The van der Waals surface area contributed by atoms with Crippen LogP contribution in [0.15, 0.2) is 23.0 Å². The quantitative estimate of drug-likeness (QED) is 0.412. The molecule has 1 atom stereocenters. The molecular weight excluding hydrogens is 436 g/mol. The molecule has 0 spiro atoms. The maximum absolute atomic E-state index is 13.3. The number of fused-ring (bicyclic) bond motifs is 5. The fourth-order valence-electron chi connectivity index (χ4n) is 4.63. The Balaban J connectivity index is 0.00000133. The number of hydrogen-bond acceptors (Lipinski definition) is 7. The summed E-state index contributed by atoms with van der Waals surface area (Å²) in [4.78, 5) is 29.6. The first-order chi connectivity index (χ1) is 16.6. The van der Waals surface area contributed by atoms with Crippen molar-refractivity contribution in [2.24, 2.45) is 0 Å². The zero-order valence-corrected chi connectivity index (χ0v) is 20.0. The first kappa shape index (κ1) is 23.9. The largest absolute Gasteiger partial charge is 0.454 e. The Morgan fingerprint density at radius 3 is 2.62 bits per heavy atom. The van der Waals surface area contributed by atoms with Crippen LogP contribution < -0.4 is 15.0 Å². The number of aldehydes is 1. The molecule has 1 N–H and O–H groups in total. The van der Waals surface area contributed by atoms with Gasteiger partial charge >= 0.3 is 0 Å². The van der Waals surface area contributed by atoms with E-state index in [1.807, 2.05) is 26.0 Å². The summed E-state index contributed by atoms with van der Waals surface area (Å²) in [5.41, 5.74) is 4.44. The van der Waals surface area contributed by atoms with E-state index < -0.39 is 6.10 Å². The Morgan fingerprint density at radius 1 is 1.21 bits per heavy atom. The molecule has 8 heteroatoms. The predicted molar refractivity (Wildman–Crippen MR) is 128 cm³/mol. The number of aliphatic hydroxyl groups excluding tert-OH is 1. The highest BCUT2D eigenvalue weighted by Crippen LogP contribution is 2.42. The molecule has 3 aromatic rings. The summed E-state index contributed by atoms with van der Waals surface area (Å²) >= 11 is 0. The van der Waals surface area contributed by atoms with Crippen molar-refractivity contribution >= 4 is 17.2 Å². The van der Waals surface area contributed by atoms with Gasteiger partial charge < -0.3 is 28.7 Å². The molecule has 4 heterocycles. The van der Waals surface area contributed by atoms with E-state index in [0.29, 0.717) is 35.7 Å². The van der Waals surface area contributed by atoms with Crippen LogP contribution in [0.5, 0.6) is 11.5 Å². The Kier molecular flexibility index (Phi) is 7.00. The molecule has 2 aliphatic rings. The molecule has 1 aromatic carbocycles. The van der Waals surface area contributed by atoms with E-state index in [4.69, 9.17) is 19.2 Å². The summed E-state index contributed by atoms with van der Waals surface area (Å²) in [6, 6.07) is 5.53. The molecule has 8 nitrogen and oxygen atoms in total. The third-order valence-corrected chi connectivity index (χ3v) is 6.21. The van der Waals surface area contributed by atoms with Crippen LogP contribution in [0.1, 0.15) is 62.0 Å². The van der Waals surface area contributed by atoms with Gasteiger partial charge in [-0.3, -0.25) is 4.79 Å². The number of aryl methyl sites for hydroxylation is 1. The maximum atomic E-state index is 13.3. The molecule has 0 fully saturated rings. The maximum Gasteiger partial charge on any atom is 0.257 e. The van der Waals surface area contributed by atoms with Crippen LogP contribution in [0.25, 0.3) is 22.3 Å². The summed E-state index contributed by atoms with van der Waals surface area (Å²) in [7, 11) is 1.48. The fraction of sp³-hybridized carbons (Fsp3) is 0.423. The SMILES string of the molecule is CC.CCCCc1c2c(nc3cc4c(cc13)OCO4)-c1cc(C(O)C=O)c(COC)c(=O)n1C2. The molecular formula is C26H30N2O6. The smallest absolute Gasteiger partial charge is 0.257 e. The Labute approximate surface area is 198 Å². The normalized spacial score (nSPS) is 13.8. The van der Waals surface area contributed by atoms with Gasteiger partial charge in [0.25, 0.3) is 5.56 Å². The summed E-state index contributed by atoms with van der Waals surface area (Å²) in [6.07, 6.45) is 1.88. The van der Waals surface area contributed by atoms with Gasteiger partial charge in [-0.1, -0.05) is 27.2 Å². The number of benzene rings is 1. The van der Waals surface area contributed by atoms with Gasteiger partial charge in [0.15, 0.2) is 17.8 Å². The number of carbonyl (C=O) groups is 1. The zero-order chi connectivity index (χ0) is 24.4. The number of ether oxygens (including phenoxy) is 3. The predicted octanol–water partition coefficient (Wildman–Crippen LogP) is 3.90. The van der Waals surface area contributed by atoms with Crippen LogP contribution in [0.2, 0.25) is 0 Å². The van der Waals surface area contributed by atoms with Gasteiger partial charge in [0.2, 0.25) is 6.79 Å². The summed E-state index contributed by atoms with van der Waals surface area (Å²) < 4.78 is 18.0. The highest BCUT2D eigenvalue weighted by Gasteiger charge is 2.30. The van der Waals surface area contributed by atoms with Gasteiger partial charge in [-0.2, -0.15) is 0 Å². The molecule has 2 aromatic heterocycles. The van der Waals surface area contributed by atoms with Crippen LogP contribution in [0.4, 0.5) is 0 Å². The van der Waals surface area contributed by atoms with E-state index in [2.05, 4.69) is 6.92 Å². The van der Waals surface area contributed by atoms with E-state index in [1.54, 1.807) is 10.6 Å².